The second-order valence-electron chi connectivity index (χ2n) is 5.05. The number of rotatable bonds is 4. The minimum atomic E-state index is -0.286. The van der Waals surface area contributed by atoms with E-state index >= 15 is 0 Å². The Bertz CT molecular complexity index is 250. The number of carbonyl (C=O) groups is 1. The molecule has 100 valence electrons. The fourth-order valence-electron chi connectivity index (χ4n) is 1.92. The van der Waals surface area contributed by atoms with Gasteiger partial charge in [-0.3, -0.25) is 0 Å². The molecule has 1 rings (SSSR count). The van der Waals surface area contributed by atoms with Crippen LogP contribution in [0.1, 0.15) is 27.2 Å². The van der Waals surface area contributed by atoms with E-state index in [0.29, 0.717) is 32.8 Å². The fraction of sp³-hybridized carbons (Fsp3) is 0.917. The van der Waals surface area contributed by atoms with Gasteiger partial charge in [0.1, 0.15) is 0 Å². The molecule has 2 N–H and O–H groups in total. The highest BCUT2D eigenvalue weighted by Gasteiger charge is 2.32. The van der Waals surface area contributed by atoms with Gasteiger partial charge in [-0.25, -0.2) is 4.79 Å². The average molecular weight is 243 g/mol. The molecule has 0 bridgehead atoms. The Morgan fingerprint density at radius 3 is 2.47 bits per heavy atom. The number of urea groups is 1. The molecule has 0 radical (unpaired) electrons. The maximum atomic E-state index is 12.4. The van der Waals surface area contributed by atoms with Crippen molar-refractivity contribution in [3.8, 4) is 0 Å². The van der Waals surface area contributed by atoms with E-state index in [1.807, 2.05) is 23.6 Å². The Labute approximate surface area is 104 Å². The predicted molar refractivity (Wildman–Crippen MR) is 67.9 cm³/mol. The van der Waals surface area contributed by atoms with E-state index in [9.17, 15) is 4.79 Å². The third kappa shape index (κ3) is 3.57. The third-order valence-corrected chi connectivity index (χ3v) is 3.19. The van der Waals surface area contributed by atoms with Crippen molar-refractivity contribution in [3.63, 3.8) is 0 Å². The molecule has 1 saturated heterocycles. The van der Waals surface area contributed by atoms with Crippen molar-refractivity contribution in [2.24, 2.45) is 5.73 Å². The van der Waals surface area contributed by atoms with Crippen LogP contribution in [0.25, 0.3) is 0 Å². The van der Waals surface area contributed by atoms with Gasteiger partial charge in [0.2, 0.25) is 0 Å². The minimum Gasteiger partial charge on any atom is -0.378 e. The van der Waals surface area contributed by atoms with E-state index in [1.165, 1.54) is 0 Å². The number of carbonyl (C=O) groups excluding carboxylic acids is 1. The lowest BCUT2D eigenvalue weighted by Crippen LogP contribution is -2.58. The Balaban J connectivity index is 2.71. The van der Waals surface area contributed by atoms with E-state index in [-0.39, 0.29) is 11.6 Å². The molecule has 0 aromatic carbocycles. The van der Waals surface area contributed by atoms with Gasteiger partial charge in [0.15, 0.2) is 0 Å². The highest BCUT2D eigenvalue weighted by molar-refractivity contribution is 5.75. The number of hydrogen-bond acceptors (Lipinski definition) is 3. The van der Waals surface area contributed by atoms with Crippen LogP contribution >= 0.6 is 0 Å². The lowest BCUT2D eigenvalue weighted by molar-refractivity contribution is 0.0325. The maximum Gasteiger partial charge on any atom is 0.320 e. The largest absolute Gasteiger partial charge is 0.378 e. The molecule has 0 unspecified atom stereocenters. The van der Waals surface area contributed by atoms with E-state index < -0.39 is 0 Å². The molecule has 0 aliphatic carbocycles. The molecule has 1 aliphatic heterocycles. The van der Waals surface area contributed by atoms with Gasteiger partial charge in [0.25, 0.3) is 0 Å². The Morgan fingerprint density at radius 2 is 2.00 bits per heavy atom. The smallest absolute Gasteiger partial charge is 0.320 e. The normalized spacial score (nSPS) is 17.1. The summed E-state index contributed by atoms with van der Waals surface area (Å²) in [7, 11) is 0. The number of nitrogens with zero attached hydrogens (tertiary/aromatic N) is 2. The van der Waals surface area contributed by atoms with E-state index in [4.69, 9.17) is 10.5 Å². The number of morpholine rings is 1. The summed E-state index contributed by atoms with van der Waals surface area (Å²) in [6.45, 7) is 9.96. The van der Waals surface area contributed by atoms with Gasteiger partial charge in [-0.05, 0) is 20.3 Å². The minimum absolute atomic E-state index is 0.0885. The number of nitrogens with two attached hydrogens (primary N) is 1. The molecule has 17 heavy (non-hydrogen) atoms. The van der Waals surface area contributed by atoms with Crippen LogP contribution < -0.4 is 5.73 Å². The van der Waals surface area contributed by atoms with Crippen molar-refractivity contribution < 1.29 is 9.53 Å². The highest BCUT2D eigenvalue weighted by Crippen LogP contribution is 2.16. The van der Waals surface area contributed by atoms with Gasteiger partial charge < -0.3 is 20.3 Å². The predicted octanol–water partition coefficient (Wildman–Crippen LogP) is 0.888. The summed E-state index contributed by atoms with van der Waals surface area (Å²) in [6, 6.07) is 0.0885. The van der Waals surface area contributed by atoms with E-state index in [0.717, 1.165) is 13.0 Å². The first-order chi connectivity index (χ1) is 8.03. The molecular formula is C12H25N3O2. The molecule has 5 heteroatoms. The van der Waals surface area contributed by atoms with Crippen LogP contribution in [0.4, 0.5) is 4.79 Å². The zero-order valence-corrected chi connectivity index (χ0v) is 11.2. The molecule has 0 aromatic heterocycles. The third-order valence-electron chi connectivity index (χ3n) is 3.19. The number of amides is 2. The molecule has 1 heterocycles. The van der Waals surface area contributed by atoms with Gasteiger partial charge >= 0.3 is 6.03 Å². The highest BCUT2D eigenvalue weighted by atomic mass is 16.5. The summed E-state index contributed by atoms with van der Waals surface area (Å²) in [5.74, 6) is 0. The second-order valence-corrected chi connectivity index (χ2v) is 5.05. The summed E-state index contributed by atoms with van der Waals surface area (Å²) >= 11 is 0. The molecule has 2 amide bonds. The summed E-state index contributed by atoms with van der Waals surface area (Å²) in [4.78, 5) is 16.2. The van der Waals surface area contributed by atoms with E-state index in [2.05, 4.69) is 6.92 Å². The summed E-state index contributed by atoms with van der Waals surface area (Å²) < 4.78 is 5.26. The number of ether oxygens (including phenoxy) is 1. The van der Waals surface area contributed by atoms with Crippen molar-refractivity contribution in [2.75, 3.05) is 39.4 Å². The van der Waals surface area contributed by atoms with Gasteiger partial charge in [-0.15, -0.1) is 0 Å². The van der Waals surface area contributed by atoms with Crippen LogP contribution in [0.2, 0.25) is 0 Å². The van der Waals surface area contributed by atoms with Gasteiger partial charge in [-0.2, -0.15) is 0 Å². The first kappa shape index (κ1) is 14.3. The van der Waals surface area contributed by atoms with Crippen LogP contribution in [-0.4, -0.2) is 60.8 Å². The van der Waals surface area contributed by atoms with Crippen LogP contribution in [-0.2, 0) is 4.74 Å². The SMILES string of the molecule is CCCN(C(=O)N1CCOCC1)C(C)(C)CN. The van der Waals surface area contributed by atoms with Crippen LogP contribution in [0, 0.1) is 0 Å². The molecule has 0 spiro atoms. The Hall–Kier alpha value is -0.810. The second kappa shape index (κ2) is 6.21. The summed E-state index contributed by atoms with van der Waals surface area (Å²) in [5.41, 5.74) is 5.48. The standard InChI is InChI=1S/C12H25N3O2/c1-4-5-15(12(2,3)10-13)11(16)14-6-8-17-9-7-14/h4-10,13H2,1-3H3. The maximum absolute atomic E-state index is 12.4. The van der Waals surface area contributed by atoms with Crippen molar-refractivity contribution in [1.29, 1.82) is 0 Å². The molecule has 5 nitrogen and oxygen atoms in total. The first-order valence-electron chi connectivity index (χ1n) is 6.37. The molecule has 1 fully saturated rings. The first-order valence-corrected chi connectivity index (χ1v) is 6.37. The lowest BCUT2D eigenvalue weighted by Gasteiger charge is -2.41. The molecular weight excluding hydrogens is 218 g/mol. The fourth-order valence-corrected chi connectivity index (χ4v) is 1.92. The van der Waals surface area contributed by atoms with E-state index in [1.54, 1.807) is 0 Å². The van der Waals surface area contributed by atoms with Crippen molar-refractivity contribution in [2.45, 2.75) is 32.7 Å². The quantitative estimate of drug-likeness (QED) is 0.797. The topological polar surface area (TPSA) is 58.8 Å². The van der Waals surface area contributed by atoms with Gasteiger partial charge in [0, 0.05) is 26.2 Å². The van der Waals surface area contributed by atoms with Crippen molar-refractivity contribution in [1.82, 2.24) is 9.80 Å². The van der Waals surface area contributed by atoms with Crippen LogP contribution in [0.5, 0.6) is 0 Å². The molecule has 1 aliphatic rings. The Morgan fingerprint density at radius 1 is 1.41 bits per heavy atom. The lowest BCUT2D eigenvalue weighted by atomic mass is 10.0. The van der Waals surface area contributed by atoms with Gasteiger partial charge in [0.05, 0.1) is 18.8 Å². The average Bonchev–Trinajstić information content (AvgIpc) is 2.36. The molecule has 0 aromatic rings. The van der Waals surface area contributed by atoms with Crippen LogP contribution in [0.15, 0.2) is 0 Å². The number of hydrogen-bond donors (Lipinski definition) is 1. The van der Waals surface area contributed by atoms with Crippen molar-refractivity contribution in [3.05, 3.63) is 0 Å². The van der Waals surface area contributed by atoms with Crippen LogP contribution in [0.3, 0.4) is 0 Å². The van der Waals surface area contributed by atoms with Crippen molar-refractivity contribution >= 4 is 6.03 Å². The summed E-state index contributed by atoms with van der Waals surface area (Å²) in [5, 5.41) is 0. The monoisotopic (exact) mass is 243 g/mol. The zero-order chi connectivity index (χ0) is 12.9. The zero-order valence-electron chi connectivity index (χ0n) is 11.2. The molecule has 0 saturated carbocycles. The molecule has 0 atom stereocenters. The summed E-state index contributed by atoms with van der Waals surface area (Å²) in [6.07, 6.45) is 0.944. The van der Waals surface area contributed by atoms with Gasteiger partial charge in [-0.1, -0.05) is 6.92 Å². The Kier molecular flexibility index (Phi) is 5.21.